The Balaban J connectivity index is 0.628. The zero-order valence-corrected chi connectivity index (χ0v) is 44.4. The molecule has 7 heterocycles. The van der Waals surface area contributed by atoms with Crippen LogP contribution in [0.2, 0.25) is 0 Å². The number of hydrogen-bond acceptors (Lipinski definition) is 12. The molecule has 3 atom stereocenters. The molecule has 4 fully saturated rings. The molecule has 20 heteroatoms. The Morgan fingerprint density at radius 1 is 0.934 bits per heavy atom. The van der Waals surface area contributed by atoms with Crippen molar-refractivity contribution in [3.8, 4) is 21.7 Å². The fourth-order valence-corrected chi connectivity index (χ4v) is 11.7. The smallest absolute Gasteiger partial charge is 0.253 e. The van der Waals surface area contributed by atoms with Crippen LogP contribution in [0.3, 0.4) is 0 Å². The summed E-state index contributed by atoms with van der Waals surface area (Å²) in [6.45, 7) is 10.2. The number of aromatic nitrogens is 6. The number of aliphatic hydroxyl groups excluding tert-OH is 1. The summed E-state index contributed by atoms with van der Waals surface area (Å²) >= 11 is 1.57. The molecular formula is C56H67FN12O6S. The molecule has 6 aromatic rings. The van der Waals surface area contributed by atoms with Gasteiger partial charge in [-0.3, -0.25) is 33.5 Å². The third-order valence-corrected chi connectivity index (χ3v) is 16.5. The van der Waals surface area contributed by atoms with E-state index < -0.39 is 35.3 Å². The number of carbonyl (C=O) groups is 5. The van der Waals surface area contributed by atoms with Gasteiger partial charge >= 0.3 is 0 Å². The summed E-state index contributed by atoms with van der Waals surface area (Å²) in [5.41, 5.74) is 7.67. The molecule has 76 heavy (non-hydrogen) atoms. The predicted molar refractivity (Wildman–Crippen MR) is 286 cm³/mol. The topological polar surface area (TPSA) is 223 Å². The number of aliphatic hydroxyl groups is 1. The predicted octanol–water partition coefficient (Wildman–Crippen LogP) is 7.53. The second-order valence-corrected chi connectivity index (χ2v) is 23.2. The molecule has 400 valence electrons. The number of hydrogen-bond donors (Lipinski definition) is 5. The number of β-amino-alcohol motifs (C(OH)–C–C–N with tert-alkyl or cyclic N) is 1. The van der Waals surface area contributed by atoms with E-state index in [1.54, 1.807) is 47.0 Å². The van der Waals surface area contributed by atoms with E-state index in [4.69, 9.17) is 4.98 Å². The average Bonchev–Trinajstić information content (AvgIpc) is 3.73. The summed E-state index contributed by atoms with van der Waals surface area (Å²) in [5, 5.41) is 26.6. The highest BCUT2D eigenvalue weighted by molar-refractivity contribution is 7.13. The van der Waals surface area contributed by atoms with E-state index in [9.17, 15) is 29.1 Å². The summed E-state index contributed by atoms with van der Waals surface area (Å²) < 4.78 is 17.7. The molecule has 1 aliphatic carbocycles. The van der Waals surface area contributed by atoms with Crippen molar-refractivity contribution in [3.05, 3.63) is 101 Å². The highest BCUT2D eigenvalue weighted by Crippen LogP contribution is 2.42. The van der Waals surface area contributed by atoms with E-state index in [1.807, 2.05) is 73.0 Å². The minimum atomic E-state index is -0.906. The van der Waals surface area contributed by atoms with Crippen molar-refractivity contribution in [2.24, 2.45) is 10.8 Å². The molecular weight excluding hydrogens is 988 g/mol. The molecule has 0 bridgehead atoms. The van der Waals surface area contributed by atoms with Crippen LogP contribution in [0, 0.1) is 23.6 Å². The summed E-state index contributed by atoms with van der Waals surface area (Å²) in [7, 11) is 0. The number of likely N-dealkylation sites (tertiary alicyclic amines) is 3. The molecule has 1 unspecified atom stereocenters. The van der Waals surface area contributed by atoms with Crippen LogP contribution in [-0.2, 0) is 25.7 Å². The number of imidazole rings is 1. The first-order valence-electron chi connectivity index (χ1n) is 26.6. The Hall–Kier alpha value is -7.06. The number of rotatable bonds is 18. The lowest BCUT2D eigenvalue weighted by Gasteiger charge is -2.54. The molecule has 1 spiro atoms. The lowest BCUT2D eigenvalue weighted by molar-refractivity contribution is -0.146. The third-order valence-electron chi connectivity index (χ3n) is 15.5. The number of H-pyrrole nitrogens is 1. The lowest BCUT2D eigenvalue weighted by Crippen LogP contribution is -2.62. The molecule has 18 nitrogen and oxygen atoms in total. The molecule has 3 saturated heterocycles. The standard InChI is InChI=1S/C56H67FN12O6S/c1-34-48(76-33-60-34)37-13-11-35(12-14-37)25-59-52(73)44-24-40(70)29-69(44)54(75)49(55(2,3)4)65-46(71)9-7-5-6-8-10-47(72)67-31-56(32-67)19-21-66(22-20-56)53(74)38-17-18-42(41(57)23-38)63-50-51-58-28-45(39-26-61-62-27-39)68(51)30-43(64-50)36-15-16-36/h11-14,17-18,23,26-28,30,33,36,40,44,49,70H,5-10,15-16,19-22,24-25,29,31-32H2,1-4H3,(H,59,73)(H,61,62)(H,63,64)(H,65,71)/t40-,44?,49-/m1/s1. The second kappa shape index (κ2) is 21.9. The van der Waals surface area contributed by atoms with Gasteiger partial charge in [-0.05, 0) is 80.2 Å². The largest absolute Gasteiger partial charge is 0.391 e. The van der Waals surface area contributed by atoms with Crippen LogP contribution in [0.25, 0.3) is 27.3 Å². The first-order chi connectivity index (χ1) is 36.5. The van der Waals surface area contributed by atoms with Crippen molar-refractivity contribution < 1.29 is 33.5 Å². The number of carbonyl (C=O) groups excluding carboxylic acids is 5. The van der Waals surface area contributed by atoms with E-state index in [0.29, 0.717) is 62.8 Å². The highest BCUT2D eigenvalue weighted by atomic mass is 32.1. The number of amides is 5. The van der Waals surface area contributed by atoms with Crippen molar-refractivity contribution in [1.82, 2.24) is 54.9 Å². The SMILES string of the molecule is Cc1ncsc1-c1ccc(CNC(=O)C2C[C@@H](O)CN2C(=O)[C@@H](NC(=O)CCCCCCC(=O)N2CC3(CCN(C(=O)c4ccc(Nc5nc(C6CC6)cn6c(-c7cn[nH]c7)cnc56)c(F)c4)CC3)C2)C(C)(C)C)cc1. The molecule has 4 aliphatic rings. The number of thiazole rings is 1. The van der Waals surface area contributed by atoms with Crippen molar-refractivity contribution >= 4 is 58.0 Å². The number of unbranched alkanes of at least 4 members (excludes halogenated alkanes) is 3. The minimum Gasteiger partial charge on any atom is -0.391 e. The van der Waals surface area contributed by atoms with Crippen LogP contribution < -0.4 is 16.0 Å². The number of nitrogens with zero attached hydrogens (tertiary/aromatic N) is 8. The van der Waals surface area contributed by atoms with Crippen molar-refractivity contribution in [1.29, 1.82) is 0 Å². The van der Waals surface area contributed by atoms with Crippen LogP contribution in [0.1, 0.15) is 125 Å². The molecule has 0 radical (unpaired) electrons. The first-order valence-corrected chi connectivity index (χ1v) is 27.5. The zero-order chi connectivity index (χ0) is 53.3. The molecule has 3 aliphatic heterocycles. The van der Waals surface area contributed by atoms with Gasteiger partial charge < -0.3 is 35.8 Å². The normalized spacial score (nSPS) is 18.7. The van der Waals surface area contributed by atoms with E-state index in [2.05, 4.69) is 36.1 Å². The van der Waals surface area contributed by atoms with Gasteiger partial charge in [-0.2, -0.15) is 5.10 Å². The quantitative estimate of drug-likeness (QED) is 0.0530. The molecule has 5 amide bonds. The fraction of sp³-hybridized carbons (Fsp3) is 0.482. The van der Waals surface area contributed by atoms with E-state index in [-0.39, 0.29) is 66.2 Å². The number of aryl methyl sites for hydroxylation is 1. The maximum Gasteiger partial charge on any atom is 0.253 e. The number of nitrogens with one attached hydrogen (secondary N) is 4. The van der Waals surface area contributed by atoms with Gasteiger partial charge in [-0.1, -0.05) is 57.9 Å². The number of benzene rings is 2. The van der Waals surface area contributed by atoms with Crippen molar-refractivity contribution in [2.45, 2.75) is 129 Å². The van der Waals surface area contributed by atoms with Gasteiger partial charge in [0.05, 0.1) is 51.7 Å². The number of piperidine rings is 1. The van der Waals surface area contributed by atoms with Gasteiger partial charge in [0.1, 0.15) is 17.9 Å². The van der Waals surface area contributed by atoms with E-state index >= 15 is 4.39 Å². The Kier molecular flexibility index (Phi) is 15.1. The first kappa shape index (κ1) is 52.4. The summed E-state index contributed by atoms with van der Waals surface area (Å²) in [4.78, 5) is 87.6. The van der Waals surface area contributed by atoms with Gasteiger partial charge in [0.15, 0.2) is 11.5 Å². The fourth-order valence-electron chi connectivity index (χ4n) is 10.9. The van der Waals surface area contributed by atoms with Crippen LogP contribution in [0.4, 0.5) is 15.9 Å². The van der Waals surface area contributed by atoms with E-state index in [1.165, 1.54) is 11.0 Å². The Bertz CT molecular complexity index is 3090. The molecule has 5 N–H and O–H groups in total. The Morgan fingerprint density at radius 3 is 2.36 bits per heavy atom. The Morgan fingerprint density at radius 2 is 1.68 bits per heavy atom. The van der Waals surface area contributed by atoms with Gasteiger partial charge in [0.2, 0.25) is 23.6 Å². The number of halogens is 1. The van der Waals surface area contributed by atoms with Gasteiger partial charge in [0.25, 0.3) is 5.91 Å². The summed E-state index contributed by atoms with van der Waals surface area (Å²) in [6.07, 6.45) is 13.5. The molecule has 10 rings (SSSR count). The maximum absolute atomic E-state index is 15.7. The summed E-state index contributed by atoms with van der Waals surface area (Å²) in [5.74, 6) is -0.932. The number of fused-ring (bicyclic) bond motifs is 1. The maximum atomic E-state index is 15.7. The minimum absolute atomic E-state index is 0.000232. The van der Waals surface area contributed by atoms with E-state index in [0.717, 1.165) is 77.2 Å². The third kappa shape index (κ3) is 11.5. The summed E-state index contributed by atoms with van der Waals surface area (Å²) in [6, 6.07) is 10.6. The zero-order valence-electron chi connectivity index (χ0n) is 43.6. The Labute approximate surface area is 445 Å². The molecule has 1 saturated carbocycles. The number of aromatic amines is 1. The van der Waals surface area contributed by atoms with Crippen LogP contribution >= 0.6 is 11.3 Å². The second-order valence-electron chi connectivity index (χ2n) is 22.3. The lowest BCUT2D eigenvalue weighted by atomic mass is 9.71. The van der Waals surface area contributed by atoms with Gasteiger partial charge in [0, 0.05) is 93.4 Å². The van der Waals surface area contributed by atoms with Crippen LogP contribution in [-0.4, -0.2) is 130 Å². The van der Waals surface area contributed by atoms with Crippen molar-refractivity contribution in [2.75, 3.05) is 38.0 Å². The highest BCUT2D eigenvalue weighted by Gasteiger charge is 2.47. The molecule has 2 aromatic carbocycles. The van der Waals surface area contributed by atoms with Gasteiger partial charge in [-0.15, -0.1) is 11.3 Å². The van der Waals surface area contributed by atoms with Crippen LogP contribution in [0.15, 0.2) is 72.8 Å². The van der Waals surface area contributed by atoms with Crippen molar-refractivity contribution in [3.63, 3.8) is 0 Å². The monoisotopic (exact) mass is 1050 g/mol. The van der Waals surface area contributed by atoms with Gasteiger partial charge in [-0.25, -0.2) is 19.3 Å². The molecule has 4 aromatic heterocycles. The number of anilines is 2. The average molecular weight is 1060 g/mol. The van der Waals surface area contributed by atoms with Crippen LogP contribution in [0.5, 0.6) is 0 Å².